The minimum Gasteiger partial charge on any atom is -0.444 e. The van der Waals surface area contributed by atoms with E-state index in [-0.39, 0.29) is 36.4 Å². The van der Waals surface area contributed by atoms with E-state index in [0.29, 0.717) is 38.2 Å². The summed E-state index contributed by atoms with van der Waals surface area (Å²) in [6.07, 6.45) is 3.57. The van der Waals surface area contributed by atoms with Crippen molar-refractivity contribution in [3.05, 3.63) is 70.3 Å². The van der Waals surface area contributed by atoms with Crippen LogP contribution in [0.4, 0.5) is 9.59 Å². The van der Waals surface area contributed by atoms with Gasteiger partial charge in [-0.25, -0.2) is 9.59 Å². The second kappa shape index (κ2) is 14.3. The zero-order chi connectivity index (χ0) is 32.8. The Kier molecular flexibility index (Phi) is 10.3. The number of nitrogens with one attached hydrogen (secondary N) is 4. The molecular formula is C34H43N5O7. The Labute approximate surface area is 268 Å². The molecule has 246 valence electrons. The summed E-state index contributed by atoms with van der Waals surface area (Å²) < 4.78 is 11.4. The minimum absolute atomic E-state index is 0.0660. The Balaban J connectivity index is 0.987. The van der Waals surface area contributed by atoms with Crippen LogP contribution in [0.15, 0.2) is 42.5 Å². The molecule has 12 heteroatoms. The standard InChI is InChI=1S/C34H43N5O7/c1-34(2,3)46-33(44)36-17-21-4-6-22(7-5-21)20-45-26-11-9-25(10-12-26)37-32(43)35-18-23-8-13-27-24(16-23)19-39(31(27)42)28-14-15-29(40)38-30(28)41/h4-8,13,16,25-26,28H,9-12,14-15,17-20H2,1-3H3,(H,36,44)(H2,35,37,43)(H,38,40,41). The first kappa shape index (κ1) is 32.9. The topological polar surface area (TPSA) is 155 Å². The largest absolute Gasteiger partial charge is 0.444 e. The van der Waals surface area contributed by atoms with Gasteiger partial charge in [0, 0.05) is 37.7 Å². The van der Waals surface area contributed by atoms with Gasteiger partial charge in [-0.2, -0.15) is 0 Å². The molecule has 0 radical (unpaired) electrons. The number of piperidine rings is 1. The summed E-state index contributed by atoms with van der Waals surface area (Å²) in [5.74, 6) is -0.970. The summed E-state index contributed by atoms with van der Waals surface area (Å²) in [4.78, 5) is 62.7. The predicted octanol–water partition coefficient (Wildman–Crippen LogP) is 3.80. The van der Waals surface area contributed by atoms with E-state index in [4.69, 9.17) is 9.47 Å². The van der Waals surface area contributed by atoms with Crippen LogP contribution in [0.5, 0.6) is 0 Å². The first-order chi connectivity index (χ1) is 21.9. The van der Waals surface area contributed by atoms with Crippen LogP contribution in [0.25, 0.3) is 0 Å². The lowest BCUT2D eigenvalue weighted by Gasteiger charge is -2.29. The van der Waals surface area contributed by atoms with Crippen molar-refractivity contribution in [1.82, 2.24) is 26.2 Å². The van der Waals surface area contributed by atoms with Crippen LogP contribution in [-0.4, -0.2) is 58.5 Å². The second-order valence-electron chi connectivity index (χ2n) is 13.2. The van der Waals surface area contributed by atoms with E-state index in [1.54, 1.807) is 6.07 Å². The van der Waals surface area contributed by atoms with Crippen molar-refractivity contribution in [2.75, 3.05) is 0 Å². The molecule has 0 bridgehead atoms. The Morgan fingerprint density at radius 1 is 0.891 bits per heavy atom. The normalized spacial score (nSPS) is 21.3. The van der Waals surface area contributed by atoms with Crippen molar-refractivity contribution in [2.45, 2.75) is 109 Å². The summed E-state index contributed by atoms with van der Waals surface area (Å²) in [6, 6.07) is 12.5. The number of benzene rings is 2. The van der Waals surface area contributed by atoms with E-state index < -0.39 is 23.6 Å². The SMILES string of the molecule is CC(C)(C)OC(=O)NCc1ccc(COC2CCC(NC(=O)NCc3ccc4c(c3)CN(C3CCC(=O)NC3=O)C4=O)CC2)cc1. The highest BCUT2D eigenvalue weighted by atomic mass is 16.6. The van der Waals surface area contributed by atoms with Crippen molar-refractivity contribution < 1.29 is 33.4 Å². The first-order valence-corrected chi connectivity index (χ1v) is 15.9. The molecule has 1 aliphatic carbocycles. The fraction of sp³-hybridized carbons (Fsp3) is 0.500. The van der Waals surface area contributed by atoms with Crippen LogP contribution in [0.2, 0.25) is 0 Å². The van der Waals surface area contributed by atoms with E-state index in [0.717, 1.165) is 47.9 Å². The van der Waals surface area contributed by atoms with Crippen LogP contribution < -0.4 is 21.3 Å². The predicted molar refractivity (Wildman–Crippen MR) is 168 cm³/mol. The van der Waals surface area contributed by atoms with Gasteiger partial charge >= 0.3 is 12.1 Å². The van der Waals surface area contributed by atoms with Crippen molar-refractivity contribution >= 4 is 29.8 Å². The number of ether oxygens (including phenoxy) is 2. The third kappa shape index (κ3) is 8.84. The lowest BCUT2D eigenvalue weighted by atomic mass is 9.93. The van der Waals surface area contributed by atoms with Crippen LogP contribution in [-0.2, 0) is 45.3 Å². The summed E-state index contributed by atoms with van der Waals surface area (Å²) >= 11 is 0. The molecule has 2 heterocycles. The van der Waals surface area contributed by atoms with Crippen molar-refractivity contribution in [1.29, 1.82) is 0 Å². The summed E-state index contributed by atoms with van der Waals surface area (Å²) in [7, 11) is 0. The molecule has 46 heavy (non-hydrogen) atoms. The zero-order valence-corrected chi connectivity index (χ0v) is 26.6. The molecule has 2 aliphatic heterocycles. The van der Waals surface area contributed by atoms with Gasteiger partial charge in [0.15, 0.2) is 0 Å². The number of urea groups is 1. The maximum Gasteiger partial charge on any atom is 0.407 e. The molecule has 2 fully saturated rings. The van der Waals surface area contributed by atoms with E-state index in [1.807, 2.05) is 57.2 Å². The number of rotatable bonds is 9. The zero-order valence-electron chi connectivity index (χ0n) is 26.6. The summed E-state index contributed by atoms with van der Waals surface area (Å²) in [5.41, 5.74) is 3.70. The Bertz CT molecular complexity index is 1460. The van der Waals surface area contributed by atoms with E-state index in [2.05, 4.69) is 21.3 Å². The molecule has 1 unspecified atom stereocenters. The molecule has 12 nitrogen and oxygen atoms in total. The summed E-state index contributed by atoms with van der Waals surface area (Å²) in [5, 5.41) is 11.0. The average molecular weight is 634 g/mol. The number of fused-ring (bicyclic) bond motifs is 1. The van der Waals surface area contributed by atoms with Crippen molar-refractivity contribution in [3.63, 3.8) is 0 Å². The van der Waals surface area contributed by atoms with E-state index in [9.17, 15) is 24.0 Å². The summed E-state index contributed by atoms with van der Waals surface area (Å²) in [6.45, 7) is 6.97. The minimum atomic E-state index is -0.654. The number of imide groups is 1. The number of carbonyl (C=O) groups excluding carboxylic acids is 5. The third-order valence-corrected chi connectivity index (χ3v) is 8.39. The van der Waals surface area contributed by atoms with Gasteiger partial charge in [0.1, 0.15) is 11.6 Å². The number of hydrogen-bond acceptors (Lipinski definition) is 7. The molecule has 1 saturated carbocycles. The number of alkyl carbamates (subject to hydrolysis) is 1. The maximum absolute atomic E-state index is 12.9. The number of nitrogens with zero attached hydrogens (tertiary/aromatic N) is 1. The van der Waals surface area contributed by atoms with Gasteiger partial charge < -0.3 is 30.3 Å². The van der Waals surface area contributed by atoms with Gasteiger partial charge in [-0.05, 0) is 81.2 Å². The van der Waals surface area contributed by atoms with Gasteiger partial charge in [0.2, 0.25) is 11.8 Å². The van der Waals surface area contributed by atoms with Gasteiger partial charge in [-0.15, -0.1) is 0 Å². The van der Waals surface area contributed by atoms with Crippen molar-refractivity contribution in [2.24, 2.45) is 0 Å². The third-order valence-electron chi connectivity index (χ3n) is 8.39. The molecule has 1 saturated heterocycles. The molecule has 2 aromatic carbocycles. The van der Waals surface area contributed by atoms with Gasteiger partial charge in [0.25, 0.3) is 5.91 Å². The fourth-order valence-electron chi connectivity index (χ4n) is 5.99. The molecule has 3 aliphatic rings. The molecular weight excluding hydrogens is 590 g/mol. The van der Waals surface area contributed by atoms with Gasteiger partial charge in [-0.1, -0.05) is 36.4 Å². The average Bonchev–Trinajstić information content (AvgIpc) is 3.33. The highest BCUT2D eigenvalue weighted by Crippen LogP contribution is 2.28. The van der Waals surface area contributed by atoms with Gasteiger partial charge in [0.05, 0.1) is 12.7 Å². The Morgan fingerprint density at radius 3 is 2.26 bits per heavy atom. The van der Waals surface area contributed by atoms with Gasteiger partial charge in [-0.3, -0.25) is 19.7 Å². The van der Waals surface area contributed by atoms with E-state index in [1.165, 1.54) is 4.90 Å². The van der Waals surface area contributed by atoms with Crippen LogP contribution in [0, 0.1) is 0 Å². The Morgan fingerprint density at radius 2 is 1.57 bits per heavy atom. The number of hydrogen-bond donors (Lipinski definition) is 4. The fourth-order valence-corrected chi connectivity index (χ4v) is 5.99. The number of carbonyl (C=O) groups is 5. The monoisotopic (exact) mass is 633 g/mol. The number of amides is 6. The van der Waals surface area contributed by atoms with Crippen LogP contribution in [0.1, 0.15) is 91.9 Å². The molecule has 5 rings (SSSR count). The Hall–Kier alpha value is -4.45. The second-order valence-corrected chi connectivity index (χ2v) is 13.2. The van der Waals surface area contributed by atoms with Crippen molar-refractivity contribution in [3.8, 4) is 0 Å². The highest BCUT2D eigenvalue weighted by Gasteiger charge is 2.39. The maximum atomic E-state index is 12.9. The first-order valence-electron chi connectivity index (χ1n) is 15.9. The lowest BCUT2D eigenvalue weighted by Crippen LogP contribution is -2.52. The molecule has 4 N–H and O–H groups in total. The lowest BCUT2D eigenvalue weighted by molar-refractivity contribution is -0.136. The highest BCUT2D eigenvalue weighted by molar-refractivity contribution is 6.05. The molecule has 0 spiro atoms. The van der Waals surface area contributed by atoms with Crippen LogP contribution in [0.3, 0.4) is 0 Å². The van der Waals surface area contributed by atoms with E-state index >= 15 is 0 Å². The van der Waals surface area contributed by atoms with Crippen LogP contribution >= 0.6 is 0 Å². The molecule has 6 amide bonds. The molecule has 1 atom stereocenters. The smallest absolute Gasteiger partial charge is 0.407 e. The quantitative estimate of drug-likeness (QED) is 0.306. The molecule has 2 aromatic rings. The molecule has 0 aromatic heterocycles.